The smallest absolute Gasteiger partial charge is 0.422 e. The van der Waals surface area contributed by atoms with Crippen molar-refractivity contribution in [3.8, 4) is 16.9 Å². The van der Waals surface area contributed by atoms with E-state index in [1.165, 1.54) is 12.1 Å². The molecule has 1 aromatic carbocycles. The summed E-state index contributed by atoms with van der Waals surface area (Å²) in [5.41, 5.74) is 1.25. The third kappa shape index (κ3) is 5.90. The van der Waals surface area contributed by atoms with Gasteiger partial charge in [0.15, 0.2) is 6.61 Å². The summed E-state index contributed by atoms with van der Waals surface area (Å²) < 4.78 is 41.7. The minimum Gasteiger partial charge on any atom is -0.484 e. The van der Waals surface area contributed by atoms with Gasteiger partial charge in [0.25, 0.3) is 0 Å². The van der Waals surface area contributed by atoms with Crippen molar-refractivity contribution in [2.45, 2.75) is 44.8 Å². The molecule has 9 heteroatoms. The number of pyridine rings is 2. The number of alkyl halides is 3. The molecular formula is C22H24F3N3O3. The van der Waals surface area contributed by atoms with Crippen molar-refractivity contribution in [3.63, 3.8) is 0 Å². The lowest BCUT2D eigenvalue weighted by molar-refractivity contribution is -0.153. The van der Waals surface area contributed by atoms with Crippen LogP contribution in [0.5, 0.6) is 5.75 Å². The van der Waals surface area contributed by atoms with Crippen LogP contribution in [0.1, 0.15) is 32.7 Å². The molecule has 0 bridgehead atoms. The minimum atomic E-state index is -4.41. The lowest BCUT2D eigenvalue weighted by Gasteiger charge is -2.29. The Labute approximate surface area is 177 Å². The Morgan fingerprint density at radius 3 is 2.35 bits per heavy atom. The van der Waals surface area contributed by atoms with E-state index in [0.29, 0.717) is 22.3 Å². The predicted octanol–water partition coefficient (Wildman–Crippen LogP) is 3.98. The van der Waals surface area contributed by atoms with Crippen LogP contribution in [-0.4, -0.2) is 44.6 Å². The number of aliphatic hydroxyl groups excluding tert-OH is 1. The van der Waals surface area contributed by atoms with Crippen molar-refractivity contribution in [2.24, 2.45) is 0 Å². The van der Waals surface area contributed by atoms with Gasteiger partial charge >= 0.3 is 6.18 Å². The summed E-state index contributed by atoms with van der Waals surface area (Å²) in [5, 5.41) is 24.3. The van der Waals surface area contributed by atoms with Crippen molar-refractivity contribution in [1.82, 2.24) is 15.3 Å². The van der Waals surface area contributed by atoms with Crippen LogP contribution in [0.4, 0.5) is 13.2 Å². The number of hydrogen-bond acceptors (Lipinski definition) is 6. The van der Waals surface area contributed by atoms with Gasteiger partial charge in [0.05, 0.1) is 16.8 Å². The maximum Gasteiger partial charge on any atom is 0.422 e. The van der Waals surface area contributed by atoms with E-state index in [4.69, 9.17) is 4.74 Å². The molecule has 3 rings (SSSR count). The number of nitrogens with one attached hydrogen (secondary N) is 1. The monoisotopic (exact) mass is 435 g/mol. The van der Waals surface area contributed by atoms with Gasteiger partial charge in [-0.15, -0.1) is 0 Å². The first-order valence-corrected chi connectivity index (χ1v) is 9.65. The Balaban J connectivity index is 1.88. The largest absolute Gasteiger partial charge is 0.484 e. The summed E-state index contributed by atoms with van der Waals surface area (Å²) in [5.74, 6) is 0.100. The Bertz CT molecular complexity index is 1030. The first kappa shape index (κ1) is 22.9. The molecule has 0 aliphatic carbocycles. The molecule has 0 radical (unpaired) electrons. The highest BCUT2D eigenvalue weighted by molar-refractivity contribution is 5.92. The van der Waals surface area contributed by atoms with Crippen molar-refractivity contribution in [1.29, 1.82) is 0 Å². The molecule has 31 heavy (non-hydrogen) atoms. The highest BCUT2D eigenvalue weighted by Gasteiger charge is 2.28. The maximum absolute atomic E-state index is 12.3. The molecule has 0 aliphatic heterocycles. The van der Waals surface area contributed by atoms with Gasteiger partial charge in [-0.3, -0.25) is 10.3 Å². The van der Waals surface area contributed by atoms with Crippen LogP contribution >= 0.6 is 0 Å². The molecule has 0 fully saturated rings. The highest BCUT2D eigenvalue weighted by atomic mass is 19.4. The van der Waals surface area contributed by atoms with Crippen LogP contribution in [-0.2, 0) is 0 Å². The van der Waals surface area contributed by atoms with E-state index in [2.05, 4.69) is 15.3 Å². The third-order valence-electron chi connectivity index (χ3n) is 4.94. The molecule has 2 unspecified atom stereocenters. The van der Waals surface area contributed by atoms with Gasteiger partial charge < -0.3 is 14.9 Å². The zero-order chi connectivity index (χ0) is 22.8. The van der Waals surface area contributed by atoms with Crippen LogP contribution in [0.2, 0.25) is 0 Å². The number of rotatable bonds is 7. The lowest BCUT2D eigenvalue weighted by Crippen LogP contribution is -2.46. The summed E-state index contributed by atoms with van der Waals surface area (Å²) >= 11 is 0. The molecule has 166 valence electrons. The molecule has 3 N–H and O–H groups in total. The van der Waals surface area contributed by atoms with Gasteiger partial charge in [0, 0.05) is 29.4 Å². The number of halogens is 3. The first-order chi connectivity index (χ1) is 14.4. The average Bonchev–Trinajstić information content (AvgIpc) is 2.70. The van der Waals surface area contributed by atoms with Gasteiger partial charge in [-0.05, 0) is 50.6 Å². The van der Waals surface area contributed by atoms with Crippen molar-refractivity contribution < 1.29 is 28.1 Å². The summed E-state index contributed by atoms with van der Waals surface area (Å²) in [6.45, 7) is 3.66. The number of fused-ring (bicyclic) bond motifs is 1. The van der Waals surface area contributed by atoms with E-state index in [9.17, 15) is 23.4 Å². The Morgan fingerprint density at radius 1 is 1.06 bits per heavy atom. The molecule has 0 spiro atoms. The lowest BCUT2D eigenvalue weighted by atomic mass is 10.0. The number of hydrogen-bond donors (Lipinski definition) is 3. The van der Waals surface area contributed by atoms with Crippen molar-refractivity contribution in [3.05, 3.63) is 54.5 Å². The Hall–Kier alpha value is -2.75. The molecule has 0 aliphatic rings. The second kappa shape index (κ2) is 8.78. The summed E-state index contributed by atoms with van der Waals surface area (Å²) in [6.07, 6.45) is -2.28. The van der Waals surface area contributed by atoms with Gasteiger partial charge in [-0.1, -0.05) is 12.1 Å². The van der Waals surface area contributed by atoms with Crippen LogP contribution in [0.25, 0.3) is 22.0 Å². The molecule has 3 aromatic rings. The number of nitrogens with zero attached hydrogens (tertiary/aromatic N) is 2. The zero-order valence-corrected chi connectivity index (χ0v) is 17.3. The van der Waals surface area contributed by atoms with Gasteiger partial charge in [0.1, 0.15) is 12.0 Å². The van der Waals surface area contributed by atoms with Crippen molar-refractivity contribution in [2.75, 3.05) is 6.61 Å². The quantitative estimate of drug-likeness (QED) is 0.487. The molecule has 0 amide bonds. The van der Waals surface area contributed by atoms with E-state index in [1.54, 1.807) is 57.4 Å². The third-order valence-corrected chi connectivity index (χ3v) is 4.94. The van der Waals surface area contributed by atoms with Crippen molar-refractivity contribution >= 4 is 10.9 Å². The molecule has 2 atom stereocenters. The number of aliphatic hydroxyl groups is 2. The maximum atomic E-state index is 12.3. The Kier molecular flexibility index (Phi) is 6.49. The van der Waals surface area contributed by atoms with E-state index >= 15 is 0 Å². The number of benzene rings is 1. The fraction of sp³-hybridized carbons (Fsp3) is 0.364. The second-order valence-corrected chi connectivity index (χ2v) is 7.87. The Morgan fingerprint density at radius 2 is 1.74 bits per heavy atom. The molecule has 6 nitrogen and oxygen atoms in total. The van der Waals surface area contributed by atoms with E-state index in [-0.39, 0.29) is 5.75 Å². The van der Waals surface area contributed by atoms with Gasteiger partial charge in [-0.2, -0.15) is 13.2 Å². The molecular weight excluding hydrogens is 411 g/mol. The SMILES string of the molecule is CC(NC(O)c1ccc2cncc(-c3ccc(OCC(F)(F)F)cc3)c2n1)C(C)(C)O. The fourth-order valence-electron chi connectivity index (χ4n) is 2.84. The average molecular weight is 435 g/mol. The highest BCUT2D eigenvalue weighted by Crippen LogP contribution is 2.29. The number of aromatic nitrogens is 2. The molecule has 0 saturated heterocycles. The topological polar surface area (TPSA) is 87.5 Å². The van der Waals surface area contributed by atoms with Crippen LogP contribution in [0.15, 0.2) is 48.8 Å². The fourth-order valence-corrected chi connectivity index (χ4v) is 2.84. The summed E-state index contributed by atoms with van der Waals surface area (Å²) in [6, 6.07) is 9.19. The van der Waals surface area contributed by atoms with Gasteiger partial charge in [-0.25, -0.2) is 4.98 Å². The first-order valence-electron chi connectivity index (χ1n) is 9.65. The van der Waals surface area contributed by atoms with Crippen LogP contribution in [0.3, 0.4) is 0 Å². The predicted molar refractivity (Wildman–Crippen MR) is 110 cm³/mol. The second-order valence-electron chi connectivity index (χ2n) is 7.87. The standard InChI is InChI=1S/C22H24F3N3O3/c1-13(21(2,3)30)27-20(29)18-9-6-15-10-26-11-17(19(15)28-18)14-4-7-16(8-5-14)31-12-22(23,24)25/h4-11,13,20,27,29-30H,12H2,1-3H3. The minimum absolute atomic E-state index is 0.100. The van der Waals surface area contributed by atoms with E-state index < -0.39 is 30.7 Å². The van der Waals surface area contributed by atoms with Gasteiger partial charge in [0.2, 0.25) is 0 Å². The van der Waals surface area contributed by atoms with E-state index in [0.717, 1.165) is 5.39 Å². The molecule has 2 aromatic heterocycles. The summed E-state index contributed by atoms with van der Waals surface area (Å²) in [4.78, 5) is 8.77. The summed E-state index contributed by atoms with van der Waals surface area (Å²) in [7, 11) is 0. The normalized spacial score (nSPS) is 14.5. The molecule has 2 heterocycles. The van der Waals surface area contributed by atoms with Crippen LogP contribution in [0, 0.1) is 0 Å². The number of ether oxygens (including phenoxy) is 1. The van der Waals surface area contributed by atoms with E-state index in [1.807, 2.05) is 0 Å². The zero-order valence-electron chi connectivity index (χ0n) is 17.3. The van der Waals surface area contributed by atoms with Crippen LogP contribution < -0.4 is 10.1 Å². The molecule has 0 saturated carbocycles.